The van der Waals surface area contributed by atoms with Crippen LogP contribution in [0.2, 0.25) is 5.02 Å². The van der Waals surface area contributed by atoms with E-state index in [4.69, 9.17) is 17.4 Å². The number of benzene rings is 2. The summed E-state index contributed by atoms with van der Waals surface area (Å²) in [7, 11) is 0. The minimum absolute atomic E-state index is 0.321. The van der Waals surface area contributed by atoms with Gasteiger partial charge in [-0.1, -0.05) is 35.9 Å². The largest absolute Gasteiger partial charge is 0.271 e. The van der Waals surface area contributed by atoms with Gasteiger partial charge in [0.25, 0.3) is 0 Å². The second-order valence-corrected chi connectivity index (χ2v) is 5.51. The zero-order valence-electron chi connectivity index (χ0n) is 10.3. The minimum Gasteiger partial charge on any atom is -0.271 e. The van der Waals surface area contributed by atoms with Crippen molar-refractivity contribution < 1.29 is 4.39 Å². The lowest BCUT2D eigenvalue weighted by Crippen LogP contribution is -2.29. The first-order valence-electron chi connectivity index (χ1n) is 5.70. The molecule has 0 radical (unpaired) electrons. The molecule has 1 unspecified atom stereocenters. The lowest BCUT2D eigenvalue weighted by atomic mass is 9.97. The van der Waals surface area contributed by atoms with Gasteiger partial charge in [-0.05, 0) is 46.1 Å². The van der Waals surface area contributed by atoms with Crippen LogP contribution in [0.15, 0.2) is 40.9 Å². The molecule has 0 fully saturated rings. The predicted octanol–water partition coefficient (Wildman–Crippen LogP) is 4.10. The van der Waals surface area contributed by atoms with Crippen LogP contribution < -0.4 is 11.3 Å². The highest BCUT2D eigenvalue weighted by Gasteiger charge is 2.18. The third-order valence-electron chi connectivity index (χ3n) is 2.97. The molecule has 2 rings (SSSR count). The van der Waals surface area contributed by atoms with Crippen LogP contribution in [-0.2, 0) is 0 Å². The maximum absolute atomic E-state index is 14.1. The molecule has 100 valence electrons. The Kier molecular flexibility index (Phi) is 4.58. The third-order valence-corrected chi connectivity index (χ3v) is 4.01. The first kappa shape index (κ1) is 14.5. The van der Waals surface area contributed by atoms with Gasteiger partial charge in [0.15, 0.2) is 0 Å². The van der Waals surface area contributed by atoms with Crippen molar-refractivity contribution in [2.45, 2.75) is 13.0 Å². The van der Waals surface area contributed by atoms with Crippen LogP contribution in [-0.4, -0.2) is 0 Å². The van der Waals surface area contributed by atoms with Crippen LogP contribution in [0.25, 0.3) is 0 Å². The van der Waals surface area contributed by atoms with E-state index in [1.54, 1.807) is 24.3 Å². The highest BCUT2D eigenvalue weighted by molar-refractivity contribution is 9.10. The molecule has 19 heavy (non-hydrogen) atoms. The molecule has 0 aliphatic rings. The smallest absolute Gasteiger partial charge is 0.142 e. The predicted molar refractivity (Wildman–Crippen MR) is 79.5 cm³/mol. The summed E-state index contributed by atoms with van der Waals surface area (Å²) in [6, 6.07) is 10.2. The summed E-state index contributed by atoms with van der Waals surface area (Å²) in [5.74, 6) is 5.26. The Morgan fingerprint density at radius 3 is 2.68 bits per heavy atom. The van der Waals surface area contributed by atoms with Gasteiger partial charge in [-0.25, -0.2) is 9.82 Å². The van der Waals surface area contributed by atoms with Crippen LogP contribution in [0.5, 0.6) is 0 Å². The highest BCUT2D eigenvalue weighted by atomic mass is 79.9. The molecule has 0 aromatic heterocycles. The van der Waals surface area contributed by atoms with Gasteiger partial charge in [-0.2, -0.15) is 0 Å². The fourth-order valence-corrected chi connectivity index (χ4v) is 2.46. The second kappa shape index (κ2) is 6.01. The van der Waals surface area contributed by atoms with Crippen molar-refractivity contribution >= 4 is 27.5 Å². The first-order valence-corrected chi connectivity index (χ1v) is 6.87. The number of hydrogen-bond acceptors (Lipinski definition) is 2. The van der Waals surface area contributed by atoms with Crippen molar-refractivity contribution in [3.05, 3.63) is 68.4 Å². The quantitative estimate of drug-likeness (QED) is 0.650. The van der Waals surface area contributed by atoms with Crippen molar-refractivity contribution in [2.24, 2.45) is 5.84 Å². The molecular weight excluding hydrogens is 331 g/mol. The fourth-order valence-electron chi connectivity index (χ4n) is 1.96. The van der Waals surface area contributed by atoms with E-state index in [0.717, 1.165) is 11.1 Å². The number of rotatable bonds is 3. The molecule has 0 saturated carbocycles. The summed E-state index contributed by atoms with van der Waals surface area (Å²) in [4.78, 5) is 0. The van der Waals surface area contributed by atoms with Crippen molar-refractivity contribution in [3.63, 3.8) is 0 Å². The molecule has 1 atom stereocenters. The Morgan fingerprint density at radius 1 is 1.32 bits per heavy atom. The zero-order chi connectivity index (χ0) is 14.0. The average Bonchev–Trinajstić information content (AvgIpc) is 2.39. The van der Waals surface area contributed by atoms with E-state index >= 15 is 0 Å². The zero-order valence-corrected chi connectivity index (χ0v) is 12.6. The van der Waals surface area contributed by atoms with Crippen molar-refractivity contribution in [1.82, 2.24) is 5.43 Å². The SMILES string of the molecule is Cc1cc(C(NN)c2cccc(Br)c2F)ccc1Cl. The third kappa shape index (κ3) is 2.98. The van der Waals surface area contributed by atoms with E-state index in [9.17, 15) is 4.39 Å². The molecule has 3 N–H and O–H groups in total. The normalized spacial score (nSPS) is 12.5. The summed E-state index contributed by atoms with van der Waals surface area (Å²) in [5.41, 5.74) is 4.92. The van der Waals surface area contributed by atoms with Gasteiger partial charge in [0.1, 0.15) is 5.82 Å². The molecule has 5 heteroatoms. The monoisotopic (exact) mass is 342 g/mol. The molecule has 0 aliphatic heterocycles. The molecule has 0 heterocycles. The van der Waals surface area contributed by atoms with Gasteiger partial charge in [0, 0.05) is 10.6 Å². The molecule has 0 saturated heterocycles. The Hall–Kier alpha value is -0.940. The van der Waals surface area contributed by atoms with Crippen LogP contribution in [0, 0.1) is 12.7 Å². The van der Waals surface area contributed by atoms with Crippen LogP contribution in [0.3, 0.4) is 0 Å². The van der Waals surface area contributed by atoms with Crippen LogP contribution in [0.4, 0.5) is 4.39 Å². The second-order valence-electron chi connectivity index (χ2n) is 4.25. The van der Waals surface area contributed by atoms with Crippen molar-refractivity contribution in [3.8, 4) is 0 Å². The van der Waals surface area contributed by atoms with Crippen molar-refractivity contribution in [1.29, 1.82) is 0 Å². The Labute approximate surface area is 124 Å². The number of nitrogens with two attached hydrogens (primary N) is 1. The Morgan fingerprint density at radius 2 is 2.05 bits per heavy atom. The number of hydrazine groups is 1. The summed E-state index contributed by atoms with van der Waals surface area (Å²) < 4.78 is 14.5. The van der Waals surface area contributed by atoms with Gasteiger partial charge < -0.3 is 0 Å². The van der Waals surface area contributed by atoms with E-state index < -0.39 is 6.04 Å². The standard InChI is InChI=1S/C14H13BrClFN2/c1-8-7-9(5-6-12(8)16)14(19-18)10-3-2-4-11(15)13(10)17/h2-7,14,19H,18H2,1H3. The molecule has 0 aliphatic carbocycles. The summed E-state index contributed by atoms with van der Waals surface area (Å²) in [6.45, 7) is 1.90. The summed E-state index contributed by atoms with van der Waals surface area (Å²) >= 11 is 9.18. The highest BCUT2D eigenvalue weighted by Crippen LogP contribution is 2.29. The van der Waals surface area contributed by atoms with E-state index in [1.807, 2.05) is 19.1 Å². The summed E-state index contributed by atoms with van der Waals surface area (Å²) in [6.07, 6.45) is 0. The topological polar surface area (TPSA) is 38.0 Å². The molecule has 0 amide bonds. The molecule has 2 aromatic rings. The van der Waals surface area contributed by atoms with E-state index in [0.29, 0.717) is 15.1 Å². The summed E-state index contributed by atoms with van der Waals surface area (Å²) in [5, 5.41) is 0.675. The van der Waals surface area contributed by atoms with E-state index in [2.05, 4.69) is 21.4 Å². The first-order chi connectivity index (χ1) is 9.04. The molecule has 0 spiro atoms. The number of halogens is 3. The number of hydrogen-bond donors (Lipinski definition) is 2. The number of aryl methyl sites for hydroxylation is 1. The van der Waals surface area contributed by atoms with Gasteiger partial charge in [-0.15, -0.1) is 0 Å². The van der Waals surface area contributed by atoms with Gasteiger partial charge in [-0.3, -0.25) is 5.84 Å². The average molecular weight is 344 g/mol. The molecular formula is C14H13BrClFN2. The fraction of sp³-hybridized carbons (Fsp3) is 0.143. The Balaban J connectivity index is 2.50. The van der Waals surface area contributed by atoms with Gasteiger partial charge in [0.2, 0.25) is 0 Å². The molecule has 2 aromatic carbocycles. The van der Waals surface area contributed by atoms with E-state index in [-0.39, 0.29) is 5.82 Å². The maximum atomic E-state index is 14.1. The van der Waals surface area contributed by atoms with Crippen molar-refractivity contribution in [2.75, 3.05) is 0 Å². The Bertz CT molecular complexity index is 604. The van der Waals surface area contributed by atoms with Crippen LogP contribution in [0.1, 0.15) is 22.7 Å². The maximum Gasteiger partial charge on any atom is 0.142 e. The van der Waals surface area contributed by atoms with E-state index in [1.165, 1.54) is 0 Å². The number of nitrogens with one attached hydrogen (secondary N) is 1. The van der Waals surface area contributed by atoms with Crippen LogP contribution >= 0.6 is 27.5 Å². The van der Waals surface area contributed by atoms with Gasteiger partial charge in [0.05, 0.1) is 10.5 Å². The van der Waals surface area contributed by atoms with Gasteiger partial charge >= 0.3 is 0 Å². The lowest BCUT2D eigenvalue weighted by Gasteiger charge is -2.19. The lowest BCUT2D eigenvalue weighted by molar-refractivity contribution is 0.556. The minimum atomic E-state index is -0.423. The molecule has 2 nitrogen and oxygen atoms in total. The molecule has 0 bridgehead atoms.